The number of hydrogen-bond acceptors (Lipinski definition) is 3. The zero-order chi connectivity index (χ0) is 13.1. The van der Waals surface area contributed by atoms with Crippen LogP contribution in [0.5, 0.6) is 0 Å². The van der Waals surface area contributed by atoms with Crippen LogP contribution >= 0.6 is 0 Å². The number of piperidine rings is 1. The van der Waals surface area contributed by atoms with E-state index in [0.29, 0.717) is 11.9 Å². The second-order valence-electron chi connectivity index (χ2n) is 5.31. The van der Waals surface area contributed by atoms with Crippen LogP contribution in [0.2, 0.25) is 0 Å². The van der Waals surface area contributed by atoms with Crippen LogP contribution in [-0.2, 0) is 0 Å². The highest BCUT2D eigenvalue weighted by Crippen LogP contribution is 2.27. The van der Waals surface area contributed by atoms with Crippen molar-refractivity contribution in [3.8, 4) is 0 Å². The van der Waals surface area contributed by atoms with Crippen molar-refractivity contribution in [2.75, 3.05) is 18.4 Å². The minimum Gasteiger partial charge on any atom is -0.333 e. The van der Waals surface area contributed by atoms with Gasteiger partial charge in [0.2, 0.25) is 0 Å². The zero-order valence-electron chi connectivity index (χ0n) is 11.0. The summed E-state index contributed by atoms with van der Waals surface area (Å²) >= 11 is 0. The number of amides is 2. The third-order valence-electron chi connectivity index (χ3n) is 4.08. The van der Waals surface area contributed by atoms with Crippen molar-refractivity contribution in [3.05, 3.63) is 24.4 Å². The molecule has 3 rings (SSSR count). The molecule has 19 heavy (non-hydrogen) atoms. The first kappa shape index (κ1) is 12.4. The number of urea groups is 1. The summed E-state index contributed by atoms with van der Waals surface area (Å²) in [6, 6.07) is 6.16. The summed E-state index contributed by atoms with van der Waals surface area (Å²) in [5, 5.41) is 5.88. The Labute approximate surface area is 113 Å². The van der Waals surface area contributed by atoms with Crippen molar-refractivity contribution in [1.82, 2.24) is 15.2 Å². The number of fused-ring (bicyclic) bond motifs is 1. The Kier molecular flexibility index (Phi) is 3.64. The molecule has 0 radical (unpaired) electrons. The van der Waals surface area contributed by atoms with Crippen molar-refractivity contribution in [2.24, 2.45) is 0 Å². The molecule has 0 spiro atoms. The highest BCUT2D eigenvalue weighted by atomic mass is 16.2. The molecule has 1 aromatic rings. The van der Waals surface area contributed by atoms with E-state index in [-0.39, 0.29) is 12.1 Å². The topological polar surface area (TPSA) is 57.3 Å². The smallest absolute Gasteiger partial charge is 0.320 e. The van der Waals surface area contributed by atoms with Crippen LogP contribution in [0, 0.1) is 0 Å². The third-order valence-corrected chi connectivity index (χ3v) is 4.08. The Balaban J connectivity index is 1.55. The Morgan fingerprint density at radius 3 is 3.05 bits per heavy atom. The van der Waals surface area contributed by atoms with Gasteiger partial charge in [-0.15, -0.1) is 0 Å². The number of aromatic nitrogens is 1. The van der Waals surface area contributed by atoms with Crippen molar-refractivity contribution in [3.63, 3.8) is 0 Å². The highest BCUT2D eigenvalue weighted by Gasteiger charge is 2.36. The van der Waals surface area contributed by atoms with Crippen molar-refractivity contribution >= 4 is 11.8 Å². The van der Waals surface area contributed by atoms with Crippen molar-refractivity contribution in [1.29, 1.82) is 0 Å². The molecule has 5 heteroatoms. The number of hydrogen-bond donors (Lipinski definition) is 2. The van der Waals surface area contributed by atoms with E-state index in [1.807, 2.05) is 12.1 Å². The normalized spacial score (nSPS) is 26.7. The maximum absolute atomic E-state index is 12.0. The molecular weight excluding hydrogens is 240 g/mol. The van der Waals surface area contributed by atoms with Gasteiger partial charge in [-0.1, -0.05) is 12.5 Å². The maximum atomic E-state index is 12.0. The number of nitrogens with zero attached hydrogens (tertiary/aromatic N) is 2. The maximum Gasteiger partial charge on any atom is 0.320 e. The van der Waals surface area contributed by atoms with Crippen LogP contribution in [0.1, 0.15) is 25.7 Å². The first-order valence-electron chi connectivity index (χ1n) is 7.05. The lowest BCUT2D eigenvalue weighted by molar-refractivity contribution is 0.180. The van der Waals surface area contributed by atoms with Crippen molar-refractivity contribution < 1.29 is 4.79 Å². The van der Waals surface area contributed by atoms with E-state index in [2.05, 4.69) is 20.5 Å². The van der Waals surface area contributed by atoms with Gasteiger partial charge in [-0.05, 0) is 37.9 Å². The van der Waals surface area contributed by atoms with E-state index in [1.165, 1.54) is 25.8 Å². The molecule has 0 unspecified atom stereocenters. The molecular formula is C14H20N4O. The van der Waals surface area contributed by atoms with Crippen LogP contribution in [0.4, 0.5) is 10.6 Å². The van der Waals surface area contributed by atoms with Crippen LogP contribution < -0.4 is 10.6 Å². The molecule has 2 amide bonds. The van der Waals surface area contributed by atoms with Crippen LogP contribution in [0.25, 0.3) is 0 Å². The molecule has 2 saturated heterocycles. The van der Waals surface area contributed by atoms with Gasteiger partial charge in [0, 0.05) is 24.8 Å². The fourth-order valence-corrected chi connectivity index (χ4v) is 3.17. The molecule has 2 N–H and O–H groups in total. The predicted octanol–water partition coefficient (Wildman–Crippen LogP) is 1.83. The van der Waals surface area contributed by atoms with E-state index in [4.69, 9.17) is 0 Å². The molecule has 5 nitrogen and oxygen atoms in total. The minimum atomic E-state index is -0.142. The van der Waals surface area contributed by atoms with E-state index >= 15 is 0 Å². The summed E-state index contributed by atoms with van der Waals surface area (Å²) in [5.74, 6) is 0.596. The van der Waals surface area contributed by atoms with E-state index < -0.39 is 0 Å². The van der Waals surface area contributed by atoms with Crippen LogP contribution in [0.3, 0.4) is 0 Å². The molecule has 0 bridgehead atoms. The van der Waals surface area contributed by atoms with Crippen LogP contribution in [0.15, 0.2) is 24.4 Å². The molecule has 3 heterocycles. The molecule has 2 aliphatic heterocycles. The SMILES string of the molecule is O=C(Nc1ccccn1)N[C@H]1CCN2CCCC[C@@H]12. The summed E-state index contributed by atoms with van der Waals surface area (Å²) in [7, 11) is 0. The number of carbonyl (C=O) groups excluding carboxylic acids is 1. The predicted molar refractivity (Wildman–Crippen MR) is 74.0 cm³/mol. The van der Waals surface area contributed by atoms with E-state index in [0.717, 1.165) is 13.0 Å². The summed E-state index contributed by atoms with van der Waals surface area (Å²) in [6.45, 7) is 2.30. The molecule has 2 fully saturated rings. The van der Waals surface area contributed by atoms with Crippen LogP contribution in [-0.4, -0.2) is 41.1 Å². The van der Waals surface area contributed by atoms with Gasteiger partial charge in [-0.3, -0.25) is 10.2 Å². The first-order chi connectivity index (χ1) is 9.33. The number of nitrogens with one attached hydrogen (secondary N) is 2. The number of rotatable bonds is 2. The Hall–Kier alpha value is -1.62. The largest absolute Gasteiger partial charge is 0.333 e. The summed E-state index contributed by atoms with van der Waals surface area (Å²) < 4.78 is 0. The molecule has 2 aliphatic rings. The average molecular weight is 260 g/mol. The van der Waals surface area contributed by atoms with Gasteiger partial charge >= 0.3 is 6.03 Å². The second kappa shape index (κ2) is 5.57. The lowest BCUT2D eigenvalue weighted by atomic mass is 9.99. The van der Waals surface area contributed by atoms with Gasteiger partial charge < -0.3 is 5.32 Å². The summed E-state index contributed by atoms with van der Waals surface area (Å²) in [5.41, 5.74) is 0. The number of pyridine rings is 1. The summed E-state index contributed by atoms with van der Waals surface area (Å²) in [6.07, 6.45) is 6.51. The molecule has 2 atom stereocenters. The quantitative estimate of drug-likeness (QED) is 0.853. The van der Waals surface area contributed by atoms with Gasteiger partial charge in [0.25, 0.3) is 0 Å². The Morgan fingerprint density at radius 1 is 1.26 bits per heavy atom. The van der Waals surface area contributed by atoms with Gasteiger partial charge in [0.1, 0.15) is 5.82 Å². The zero-order valence-corrected chi connectivity index (χ0v) is 11.0. The first-order valence-corrected chi connectivity index (χ1v) is 7.05. The van der Waals surface area contributed by atoms with Gasteiger partial charge in [0.15, 0.2) is 0 Å². The Bertz CT molecular complexity index is 436. The number of anilines is 1. The van der Waals surface area contributed by atoms with Gasteiger partial charge in [0.05, 0.1) is 0 Å². The fraction of sp³-hybridized carbons (Fsp3) is 0.571. The molecule has 1 aromatic heterocycles. The molecule has 0 aliphatic carbocycles. The van der Waals surface area contributed by atoms with Crippen molar-refractivity contribution in [2.45, 2.75) is 37.8 Å². The van der Waals surface area contributed by atoms with Gasteiger partial charge in [-0.25, -0.2) is 9.78 Å². The minimum absolute atomic E-state index is 0.142. The lowest BCUT2D eigenvalue weighted by Gasteiger charge is -2.32. The molecule has 0 saturated carbocycles. The average Bonchev–Trinajstić information content (AvgIpc) is 2.83. The molecule has 0 aromatic carbocycles. The monoisotopic (exact) mass is 260 g/mol. The van der Waals surface area contributed by atoms with E-state index in [9.17, 15) is 4.79 Å². The van der Waals surface area contributed by atoms with Gasteiger partial charge in [-0.2, -0.15) is 0 Å². The standard InChI is InChI=1S/C14H20N4O/c19-14(17-13-6-1-3-8-15-13)16-11-7-10-18-9-4-2-5-12(11)18/h1,3,6,8,11-12H,2,4-5,7,9-10H2,(H2,15,16,17,19)/t11-,12-/m0/s1. The Morgan fingerprint density at radius 2 is 2.21 bits per heavy atom. The number of carbonyl (C=O) groups is 1. The second-order valence-corrected chi connectivity index (χ2v) is 5.31. The molecule has 102 valence electrons. The summed E-state index contributed by atoms with van der Waals surface area (Å²) in [4.78, 5) is 18.6. The van der Waals surface area contributed by atoms with E-state index in [1.54, 1.807) is 12.3 Å². The fourth-order valence-electron chi connectivity index (χ4n) is 3.17. The third kappa shape index (κ3) is 2.87. The lowest BCUT2D eigenvalue weighted by Crippen LogP contribution is -2.48. The highest BCUT2D eigenvalue weighted by molar-refractivity contribution is 5.88.